The lowest BCUT2D eigenvalue weighted by Crippen LogP contribution is -2.35. The molecule has 1 aromatic carbocycles. The Hall–Kier alpha value is -1.37. The van der Waals surface area contributed by atoms with E-state index in [4.69, 9.17) is 0 Å². The molecule has 2 aliphatic rings. The number of nitriles is 1. The van der Waals surface area contributed by atoms with Gasteiger partial charge in [-0.3, -0.25) is 5.32 Å². The Labute approximate surface area is 121 Å². The van der Waals surface area contributed by atoms with Gasteiger partial charge in [0.1, 0.15) is 0 Å². The van der Waals surface area contributed by atoms with Crippen molar-refractivity contribution < 1.29 is 0 Å². The number of hydrogen-bond donors (Lipinski definition) is 1. The monoisotopic (exact) mass is 269 g/mol. The van der Waals surface area contributed by atoms with Crippen LogP contribution in [0.5, 0.6) is 0 Å². The van der Waals surface area contributed by atoms with Gasteiger partial charge in [0.2, 0.25) is 0 Å². The molecule has 0 saturated heterocycles. The van der Waals surface area contributed by atoms with Crippen molar-refractivity contribution in [3.05, 3.63) is 35.4 Å². The maximum atomic E-state index is 9.20. The minimum Gasteiger partial charge on any atom is -0.303 e. The first-order valence-corrected chi connectivity index (χ1v) is 7.80. The van der Waals surface area contributed by atoms with E-state index in [9.17, 15) is 5.26 Å². The molecule has 0 spiro atoms. The van der Waals surface area contributed by atoms with Gasteiger partial charge in [0.05, 0.1) is 12.1 Å². The fraction of sp³-hybridized carbons (Fsp3) is 0.588. The minimum atomic E-state index is 0.0353. The molecule has 1 fully saturated rings. The van der Waals surface area contributed by atoms with E-state index in [1.807, 2.05) is 0 Å². The average Bonchev–Trinajstić information content (AvgIpc) is 3.30. The van der Waals surface area contributed by atoms with Crippen LogP contribution < -0.4 is 5.32 Å². The highest BCUT2D eigenvalue weighted by atomic mass is 15.1. The smallest absolute Gasteiger partial charge is 0.0967 e. The number of hydrogen-bond acceptors (Lipinski definition) is 3. The summed E-state index contributed by atoms with van der Waals surface area (Å²) in [5.41, 5.74) is 3.01. The molecule has 20 heavy (non-hydrogen) atoms. The van der Waals surface area contributed by atoms with E-state index in [2.05, 4.69) is 40.6 Å². The van der Waals surface area contributed by atoms with Crippen molar-refractivity contribution in [1.29, 1.82) is 5.26 Å². The fourth-order valence-corrected chi connectivity index (χ4v) is 2.97. The van der Waals surface area contributed by atoms with E-state index in [-0.39, 0.29) is 6.04 Å². The average molecular weight is 269 g/mol. The Kier molecular flexibility index (Phi) is 4.34. The Balaban J connectivity index is 1.48. The van der Waals surface area contributed by atoms with Crippen molar-refractivity contribution in [2.75, 3.05) is 19.6 Å². The highest BCUT2D eigenvalue weighted by Crippen LogP contribution is 2.20. The number of nitrogens with one attached hydrogen (secondary N) is 1. The molecular formula is C17H23N3. The molecule has 1 aliphatic carbocycles. The molecule has 106 valence electrons. The molecule has 1 saturated carbocycles. The summed E-state index contributed by atoms with van der Waals surface area (Å²) in [5.74, 6) is 0. The molecule has 3 rings (SSSR count). The van der Waals surface area contributed by atoms with Crippen LogP contribution in [0.15, 0.2) is 24.3 Å². The lowest BCUT2D eigenvalue weighted by Gasteiger charge is -2.21. The zero-order chi connectivity index (χ0) is 13.8. The van der Waals surface area contributed by atoms with Crippen LogP contribution in [0.1, 0.15) is 30.4 Å². The van der Waals surface area contributed by atoms with E-state index in [1.165, 1.54) is 24.0 Å². The topological polar surface area (TPSA) is 39.1 Å². The summed E-state index contributed by atoms with van der Waals surface area (Å²) in [4.78, 5) is 2.51. The summed E-state index contributed by atoms with van der Waals surface area (Å²) in [6.45, 7) is 3.28. The quantitative estimate of drug-likeness (QED) is 0.890. The van der Waals surface area contributed by atoms with Crippen molar-refractivity contribution in [1.82, 2.24) is 10.2 Å². The zero-order valence-corrected chi connectivity index (χ0v) is 12.0. The molecule has 0 radical (unpaired) electrons. The molecule has 1 unspecified atom stereocenters. The van der Waals surface area contributed by atoms with E-state index in [0.717, 1.165) is 38.9 Å². The van der Waals surface area contributed by atoms with Crippen LogP contribution in [0.25, 0.3) is 0 Å². The van der Waals surface area contributed by atoms with Gasteiger partial charge in [0.25, 0.3) is 0 Å². The van der Waals surface area contributed by atoms with Crippen LogP contribution in [0.4, 0.5) is 0 Å². The number of benzene rings is 1. The van der Waals surface area contributed by atoms with Gasteiger partial charge < -0.3 is 4.90 Å². The number of fused-ring (bicyclic) bond motifs is 1. The first kappa shape index (κ1) is 13.6. The first-order chi connectivity index (χ1) is 9.85. The third-order valence-electron chi connectivity index (χ3n) is 4.42. The maximum absolute atomic E-state index is 9.20. The zero-order valence-electron chi connectivity index (χ0n) is 12.0. The van der Waals surface area contributed by atoms with Gasteiger partial charge in [-0.1, -0.05) is 24.3 Å². The molecule has 1 heterocycles. The highest BCUT2D eigenvalue weighted by molar-refractivity contribution is 5.28. The summed E-state index contributed by atoms with van der Waals surface area (Å²) in [5, 5.41) is 12.6. The molecule has 1 atom stereocenters. The molecule has 1 N–H and O–H groups in total. The van der Waals surface area contributed by atoms with Gasteiger partial charge in [-0.15, -0.1) is 0 Å². The fourth-order valence-electron chi connectivity index (χ4n) is 2.97. The van der Waals surface area contributed by atoms with Gasteiger partial charge in [0.15, 0.2) is 0 Å². The molecule has 1 aromatic rings. The molecule has 3 heteroatoms. The lowest BCUT2D eigenvalue weighted by atomic mass is 10.0. The van der Waals surface area contributed by atoms with Crippen LogP contribution in [0, 0.1) is 11.3 Å². The molecule has 0 bridgehead atoms. The van der Waals surface area contributed by atoms with E-state index >= 15 is 0 Å². The molecule has 0 aromatic heterocycles. The van der Waals surface area contributed by atoms with Crippen molar-refractivity contribution >= 4 is 0 Å². The van der Waals surface area contributed by atoms with Crippen LogP contribution in [0.3, 0.4) is 0 Å². The number of rotatable bonds is 5. The minimum absolute atomic E-state index is 0.0353. The van der Waals surface area contributed by atoms with Crippen molar-refractivity contribution in [3.63, 3.8) is 0 Å². The van der Waals surface area contributed by atoms with Gasteiger partial charge in [-0.2, -0.15) is 5.26 Å². The van der Waals surface area contributed by atoms with E-state index in [0.29, 0.717) is 6.04 Å². The molecular weight excluding hydrogens is 246 g/mol. The molecule has 3 nitrogen and oxygen atoms in total. The van der Waals surface area contributed by atoms with Crippen LogP contribution in [0.2, 0.25) is 0 Å². The van der Waals surface area contributed by atoms with Crippen molar-refractivity contribution in [2.45, 2.75) is 44.2 Å². The van der Waals surface area contributed by atoms with Crippen molar-refractivity contribution in [2.24, 2.45) is 0 Å². The summed E-state index contributed by atoms with van der Waals surface area (Å²) in [7, 11) is 0. The second-order valence-corrected chi connectivity index (χ2v) is 6.02. The van der Waals surface area contributed by atoms with Gasteiger partial charge in [-0.25, -0.2) is 0 Å². The summed E-state index contributed by atoms with van der Waals surface area (Å²) >= 11 is 0. The predicted molar refractivity (Wildman–Crippen MR) is 80.5 cm³/mol. The lowest BCUT2D eigenvalue weighted by molar-refractivity contribution is 0.275. The summed E-state index contributed by atoms with van der Waals surface area (Å²) < 4.78 is 0. The SMILES string of the molecule is N#CC(CCN1CCc2ccccc2CC1)NC1CC1. The normalized spacial score (nSPS) is 20.8. The molecule has 1 aliphatic heterocycles. The van der Waals surface area contributed by atoms with Gasteiger partial charge in [0, 0.05) is 25.7 Å². The largest absolute Gasteiger partial charge is 0.303 e. The Morgan fingerprint density at radius 1 is 1.20 bits per heavy atom. The maximum Gasteiger partial charge on any atom is 0.0967 e. The first-order valence-electron chi connectivity index (χ1n) is 7.80. The van der Waals surface area contributed by atoms with Crippen LogP contribution >= 0.6 is 0 Å². The second kappa shape index (κ2) is 6.39. The predicted octanol–water partition coefficient (Wildman–Crippen LogP) is 2.12. The molecule has 0 amide bonds. The third-order valence-corrected chi connectivity index (χ3v) is 4.42. The number of nitrogens with zero attached hydrogens (tertiary/aromatic N) is 2. The van der Waals surface area contributed by atoms with Gasteiger partial charge in [-0.05, 0) is 43.2 Å². The Bertz CT molecular complexity index is 460. The Morgan fingerprint density at radius 3 is 2.40 bits per heavy atom. The van der Waals surface area contributed by atoms with Crippen LogP contribution in [-0.4, -0.2) is 36.6 Å². The van der Waals surface area contributed by atoms with Crippen LogP contribution in [-0.2, 0) is 12.8 Å². The summed E-state index contributed by atoms with van der Waals surface area (Å²) in [6, 6.07) is 11.9. The Morgan fingerprint density at radius 2 is 1.85 bits per heavy atom. The van der Waals surface area contributed by atoms with Gasteiger partial charge >= 0.3 is 0 Å². The van der Waals surface area contributed by atoms with E-state index in [1.54, 1.807) is 0 Å². The summed E-state index contributed by atoms with van der Waals surface area (Å²) in [6.07, 6.45) is 5.73. The highest BCUT2D eigenvalue weighted by Gasteiger charge is 2.24. The second-order valence-electron chi connectivity index (χ2n) is 6.02. The third kappa shape index (κ3) is 3.59. The van der Waals surface area contributed by atoms with E-state index < -0.39 is 0 Å². The standard InChI is InChI=1S/C17H23N3/c18-13-17(19-16-5-6-16)9-12-20-10-7-14-3-1-2-4-15(14)8-11-20/h1-4,16-17,19H,5-12H2. The van der Waals surface area contributed by atoms with Crippen molar-refractivity contribution in [3.8, 4) is 6.07 Å².